The highest BCUT2D eigenvalue weighted by Gasteiger charge is 2.46. The zero-order valence-corrected chi connectivity index (χ0v) is 59.1. The van der Waals surface area contributed by atoms with E-state index in [-0.39, 0.29) is 62.2 Å². The first-order valence-electron chi connectivity index (χ1n) is 32.2. The van der Waals surface area contributed by atoms with Gasteiger partial charge in [0.05, 0.1) is 12.7 Å². The second kappa shape index (κ2) is 37.7. The van der Waals surface area contributed by atoms with E-state index in [4.69, 9.17) is 4.74 Å². The van der Waals surface area contributed by atoms with E-state index in [1.54, 1.807) is 74.5 Å². The molecule has 0 aromatic rings. The van der Waals surface area contributed by atoms with Crippen LogP contribution in [0.2, 0.25) is 0 Å². The average Bonchev–Trinajstić information content (AvgIpc) is 0.906. The molecule has 0 bridgehead atoms. The molecule has 0 saturated carbocycles. The molecule has 1 heterocycles. The molecule has 6 N–H and O–H groups in total. The molecule has 0 aliphatic carbocycles. The standard InChI is InChI=1S/C65H115N11O15/c1-25-27-28-41(15)54(79)53-58(83)68-44(26-2)60(85)74(22)49(33-91-34-50(77)78)63(88)70(18)46(30-36(5)6)57(82)69-51(39(11)12)64(89)71(19)45(29-35(3)4)56(81)66-42(16)55(80)67-43(17)59(84)72(20)47(31-37(7)8)61(86)73(21)48(32-38(9)10)62(87)75(23)52(40(13)14)65(90)76(53)24/h25,27,35-49,51-54,79H,26,28-34H2,1-24H3,(H,66,81)(H,67,80)(H,68,83)(H,69,82)(H,77,78)/t41-,42+,43-,44+,45+,46+,47+,48+,49-,51+,52+,53+,54-/m1/s1. The van der Waals surface area contributed by atoms with Crippen LogP contribution in [0.3, 0.4) is 0 Å². The zero-order valence-electron chi connectivity index (χ0n) is 59.1. The number of aliphatic carboxylic acids is 1. The number of nitrogens with one attached hydrogen (secondary N) is 4. The van der Waals surface area contributed by atoms with Gasteiger partial charge in [0, 0.05) is 49.3 Å². The van der Waals surface area contributed by atoms with Crippen molar-refractivity contribution in [2.45, 2.75) is 229 Å². The molecule has 13 atom stereocenters. The number of amides is 11. The normalized spacial score (nSPS) is 26.7. The van der Waals surface area contributed by atoms with Gasteiger partial charge in [-0.2, -0.15) is 0 Å². The summed E-state index contributed by atoms with van der Waals surface area (Å²) in [5.74, 6) is -12.5. The van der Waals surface area contributed by atoms with Gasteiger partial charge in [-0.25, -0.2) is 4.79 Å². The Balaban J connectivity index is 4.52. The van der Waals surface area contributed by atoms with E-state index >= 15 is 24.0 Å². The Hall–Kier alpha value is -6.70. The maximum atomic E-state index is 15.3. The molecular weight excluding hydrogens is 1170 g/mol. The van der Waals surface area contributed by atoms with Gasteiger partial charge in [-0.05, 0) is 101 Å². The van der Waals surface area contributed by atoms with Crippen LogP contribution in [-0.4, -0.2) is 251 Å². The van der Waals surface area contributed by atoms with E-state index < -0.39 is 174 Å². The number of hydrogen-bond acceptors (Lipinski definition) is 14. The molecule has 1 saturated heterocycles. The SMILES string of the molecule is CC=CC[C@@H](C)[C@@H](O)[C@H]1C(=O)N[C@@H](CC)C(=O)N(C)[C@H](COCC(=O)O)C(=O)N(C)[C@@H](CC(C)C)C(=O)N[C@@H](C(C)C)C(=O)N(C)[C@@H](CC(C)C)C(=O)N[C@@H](C)C(=O)N[C@H](C)C(=O)N(C)[C@@H](CC(C)C)C(=O)N(C)[C@@H](CC(C)C)C(=O)N(C)[C@@H](C(C)C)C(=O)N1C. The fraction of sp³-hybridized carbons (Fsp3) is 0.785. The van der Waals surface area contributed by atoms with Crippen molar-refractivity contribution in [1.82, 2.24) is 55.6 Å². The Morgan fingerprint density at radius 1 is 0.473 bits per heavy atom. The summed E-state index contributed by atoms with van der Waals surface area (Å²) < 4.78 is 5.47. The van der Waals surface area contributed by atoms with Crippen LogP contribution in [-0.2, 0) is 62.3 Å². The van der Waals surface area contributed by atoms with Crippen LogP contribution in [0.4, 0.5) is 0 Å². The predicted octanol–water partition coefficient (Wildman–Crippen LogP) is 2.74. The van der Waals surface area contributed by atoms with Gasteiger partial charge < -0.3 is 70.5 Å². The molecule has 0 unspecified atom stereocenters. The van der Waals surface area contributed by atoms with Gasteiger partial charge >= 0.3 is 5.97 Å². The number of carbonyl (C=O) groups excluding carboxylic acids is 11. The third-order valence-electron chi connectivity index (χ3n) is 16.9. The predicted molar refractivity (Wildman–Crippen MR) is 346 cm³/mol. The number of ether oxygens (including phenoxy) is 1. The van der Waals surface area contributed by atoms with Crippen LogP contribution in [0.1, 0.15) is 156 Å². The van der Waals surface area contributed by atoms with E-state index in [0.29, 0.717) is 0 Å². The minimum absolute atomic E-state index is 0.0199. The smallest absolute Gasteiger partial charge is 0.329 e. The summed E-state index contributed by atoms with van der Waals surface area (Å²) in [4.78, 5) is 182. The molecule has 0 aromatic carbocycles. The molecular formula is C65H115N11O15. The Morgan fingerprint density at radius 2 is 0.868 bits per heavy atom. The Kier molecular flexibility index (Phi) is 34.1. The van der Waals surface area contributed by atoms with Gasteiger partial charge in [0.1, 0.15) is 73.1 Å². The topological polar surface area (TPSA) is 325 Å². The van der Waals surface area contributed by atoms with E-state index in [1.807, 2.05) is 41.5 Å². The second-order valence-corrected chi connectivity index (χ2v) is 27.2. The van der Waals surface area contributed by atoms with Crippen LogP contribution in [0.15, 0.2) is 12.2 Å². The summed E-state index contributed by atoms with van der Waals surface area (Å²) in [6, 6.07) is -14.8. The molecule has 0 aromatic heterocycles. The van der Waals surface area contributed by atoms with Crippen LogP contribution in [0.25, 0.3) is 0 Å². The summed E-state index contributed by atoms with van der Waals surface area (Å²) >= 11 is 0. The largest absolute Gasteiger partial charge is 0.480 e. The maximum Gasteiger partial charge on any atom is 0.329 e. The lowest BCUT2D eigenvalue weighted by molar-refractivity contribution is -0.158. The highest BCUT2D eigenvalue weighted by molar-refractivity contribution is 6.00. The van der Waals surface area contributed by atoms with Crippen molar-refractivity contribution in [1.29, 1.82) is 0 Å². The van der Waals surface area contributed by atoms with Crippen molar-refractivity contribution >= 4 is 70.9 Å². The average molecular weight is 1290 g/mol. The number of carboxylic acid groups (broad SMARTS) is 1. The van der Waals surface area contributed by atoms with Gasteiger partial charge in [-0.3, -0.25) is 52.7 Å². The Morgan fingerprint density at radius 3 is 1.31 bits per heavy atom. The maximum absolute atomic E-state index is 15.3. The van der Waals surface area contributed by atoms with Crippen molar-refractivity contribution in [2.24, 2.45) is 41.4 Å². The first kappa shape index (κ1) is 82.3. The van der Waals surface area contributed by atoms with Gasteiger partial charge in [-0.1, -0.05) is 109 Å². The summed E-state index contributed by atoms with van der Waals surface area (Å²) in [5, 5.41) is 32.7. The monoisotopic (exact) mass is 1290 g/mol. The van der Waals surface area contributed by atoms with E-state index in [1.165, 1.54) is 82.8 Å². The first-order valence-corrected chi connectivity index (χ1v) is 32.2. The molecule has 520 valence electrons. The number of nitrogens with zero attached hydrogens (tertiary/aromatic N) is 7. The van der Waals surface area contributed by atoms with E-state index in [9.17, 15) is 43.8 Å². The third kappa shape index (κ3) is 23.4. The first-order chi connectivity index (χ1) is 42.0. The zero-order chi connectivity index (χ0) is 70.5. The summed E-state index contributed by atoms with van der Waals surface area (Å²) in [6.07, 6.45) is 2.45. The second-order valence-electron chi connectivity index (χ2n) is 27.2. The van der Waals surface area contributed by atoms with Crippen LogP contribution >= 0.6 is 0 Å². The molecule has 0 spiro atoms. The molecule has 1 fully saturated rings. The van der Waals surface area contributed by atoms with Gasteiger partial charge in [-0.15, -0.1) is 0 Å². The molecule has 1 aliphatic heterocycles. The lowest BCUT2D eigenvalue weighted by Gasteiger charge is -2.41. The molecule has 11 amide bonds. The van der Waals surface area contributed by atoms with Crippen LogP contribution < -0.4 is 21.3 Å². The Bertz CT molecular complexity index is 2520. The number of hydrogen-bond donors (Lipinski definition) is 6. The third-order valence-corrected chi connectivity index (χ3v) is 16.9. The van der Waals surface area contributed by atoms with Crippen molar-refractivity contribution in [3.05, 3.63) is 12.2 Å². The summed E-state index contributed by atoms with van der Waals surface area (Å²) in [6.45, 7) is 27.7. The highest BCUT2D eigenvalue weighted by atomic mass is 16.5. The highest BCUT2D eigenvalue weighted by Crippen LogP contribution is 2.26. The van der Waals surface area contributed by atoms with Crippen molar-refractivity contribution in [3.63, 3.8) is 0 Å². The number of likely N-dealkylation sites (N-methyl/N-ethyl adjacent to an activating group) is 7. The van der Waals surface area contributed by atoms with Crippen molar-refractivity contribution in [3.8, 4) is 0 Å². The minimum atomic E-state index is -1.71. The molecule has 26 heteroatoms. The minimum Gasteiger partial charge on any atom is -0.480 e. The molecule has 91 heavy (non-hydrogen) atoms. The van der Waals surface area contributed by atoms with Crippen molar-refractivity contribution < 1.29 is 72.5 Å². The van der Waals surface area contributed by atoms with Crippen LogP contribution in [0, 0.1) is 41.4 Å². The Labute approximate surface area is 542 Å². The van der Waals surface area contributed by atoms with Gasteiger partial charge in [0.15, 0.2) is 0 Å². The van der Waals surface area contributed by atoms with E-state index in [2.05, 4.69) is 21.3 Å². The number of aliphatic hydroxyl groups is 1. The summed E-state index contributed by atoms with van der Waals surface area (Å²) in [7, 11) is 9.52. The number of aliphatic hydroxyl groups excluding tert-OH is 1. The summed E-state index contributed by atoms with van der Waals surface area (Å²) in [5.41, 5.74) is 0. The molecule has 26 nitrogen and oxygen atoms in total. The molecule has 1 rings (SSSR count). The molecule has 0 radical (unpaired) electrons. The number of carbonyl (C=O) groups is 12. The number of allylic oxidation sites excluding steroid dienone is 2. The number of carboxylic acids is 1. The van der Waals surface area contributed by atoms with Gasteiger partial charge in [0.2, 0.25) is 65.0 Å². The van der Waals surface area contributed by atoms with Crippen molar-refractivity contribution in [2.75, 3.05) is 62.5 Å². The van der Waals surface area contributed by atoms with Gasteiger partial charge in [0.25, 0.3) is 0 Å². The quantitative estimate of drug-likeness (QED) is 0.101. The lowest BCUT2D eigenvalue weighted by atomic mass is 9.91. The molecule has 1 aliphatic rings. The van der Waals surface area contributed by atoms with Crippen LogP contribution in [0.5, 0.6) is 0 Å². The fourth-order valence-electron chi connectivity index (χ4n) is 11.2. The lowest BCUT2D eigenvalue weighted by Crippen LogP contribution is -2.64. The fourth-order valence-corrected chi connectivity index (χ4v) is 11.2. The number of rotatable bonds is 19. The van der Waals surface area contributed by atoms with E-state index in [0.717, 1.165) is 14.7 Å².